The van der Waals surface area contributed by atoms with E-state index in [1.54, 1.807) is 0 Å². The summed E-state index contributed by atoms with van der Waals surface area (Å²) in [5, 5.41) is 3.77. The van der Waals surface area contributed by atoms with Crippen molar-refractivity contribution in [3.63, 3.8) is 0 Å². The van der Waals surface area contributed by atoms with E-state index in [0.717, 1.165) is 24.8 Å². The van der Waals surface area contributed by atoms with Crippen LogP contribution in [0.2, 0.25) is 0 Å². The van der Waals surface area contributed by atoms with Crippen molar-refractivity contribution in [2.45, 2.75) is 36.1 Å². The maximum Gasteiger partial charge on any atom is 0.142 e. The van der Waals surface area contributed by atoms with Gasteiger partial charge >= 0.3 is 0 Å². The highest BCUT2D eigenvalue weighted by atomic mass is 16.3. The molecule has 3 atom stereocenters. The molecule has 0 radical (unpaired) electrons. The predicted octanol–water partition coefficient (Wildman–Crippen LogP) is 4.23. The highest BCUT2D eigenvalue weighted by Gasteiger charge is 2.65. The molecular weight excluding hydrogens is 246 g/mol. The van der Waals surface area contributed by atoms with Gasteiger partial charge in [0.2, 0.25) is 0 Å². The maximum atomic E-state index is 12.0. The summed E-state index contributed by atoms with van der Waals surface area (Å²) in [5.41, 5.74) is 4.23. The van der Waals surface area contributed by atoms with Gasteiger partial charge in [0.15, 0.2) is 0 Å². The minimum atomic E-state index is -0.579. The van der Waals surface area contributed by atoms with Crippen LogP contribution in [0, 0.1) is 4.91 Å². The fraction of sp³-hybridized carbons (Fsp3) is 0.333. The van der Waals surface area contributed by atoms with Gasteiger partial charge in [-0.2, -0.15) is 0 Å². The van der Waals surface area contributed by atoms with E-state index in [2.05, 4.69) is 53.7 Å². The molecule has 1 fully saturated rings. The summed E-state index contributed by atoms with van der Waals surface area (Å²) in [5.74, 6) is 0.416. The van der Waals surface area contributed by atoms with Gasteiger partial charge in [-0.3, -0.25) is 0 Å². The number of nitroso groups, excluding NO2 is 1. The van der Waals surface area contributed by atoms with Crippen molar-refractivity contribution in [3.8, 4) is 0 Å². The average molecular weight is 261 g/mol. The minimum absolute atomic E-state index is 0.218. The van der Waals surface area contributed by atoms with Crippen molar-refractivity contribution in [1.29, 1.82) is 0 Å². The smallest absolute Gasteiger partial charge is 0.142 e. The van der Waals surface area contributed by atoms with Crippen LogP contribution in [-0.2, 0) is 11.0 Å². The largest absolute Gasteiger partial charge is 0.150 e. The van der Waals surface area contributed by atoms with Crippen LogP contribution in [0.4, 0.5) is 0 Å². The van der Waals surface area contributed by atoms with Gasteiger partial charge in [-0.1, -0.05) is 53.7 Å². The van der Waals surface area contributed by atoms with E-state index in [0.29, 0.717) is 5.92 Å². The Morgan fingerprint density at radius 2 is 1.50 bits per heavy atom. The SMILES string of the molecule is O=NC12CCCC3c4ccc(cc4)C31c1ccc2cc1. The molecule has 0 aromatic heterocycles. The maximum absolute atomic E-state index is 12.0. The molecule has 2 aromatic rings. The van der Waals surface area contributed by atoms with Crippen molar-refractivity contribution in [2.24, 2.45) is 5.18 Å². The third-order valence-corrected chi connectivity index (χ3v) is 5.95. The van der Waals surface area contributed by atoms with E-state index >= 15 is 0 Å². The molecule has 7 rings (SSSR count). The quantitative estimate of drug-likeness (QED) is 0.706. The Kier molecular flexibility index (Phi) is 1.72. The van der Waals surface area contributed by atoms with Gasteiger partial charge in [-0.25, -0.2) is 0 Å². The van der Waals surface area contributed by atoms with Crippen molar-refractivity contribution in [3.05, 3.63) is 75.7 Å². The van der Waals surface area contributed by atoms with E-state index in [1.165, 1.54) is 16.7 Å². The van der Waals surface area contributed by atoms with Crippen molar-refractivity contribution in [2.75, 3.05) is 0 Å². The van der Waals surface area contributed by atoms with Gasteiger partial charge in [0, 0.05) is 5.92 Å². The van der Waals surface area contributed by atoms with Crippen LogP contribution in [0.15, 0.2) is 53.7 Å². The summed E-state index contributed by atoms with van der Waals surface area (Å²) in [6, 6.07) is 17.5. The Hall–Kier alpha value is -1.96. The molecule has 1 spiro atoms. The molecule has 3 unspecified atom stereocenters. The summed E-state index contributed by atoms with van der Waals surface area (Å²) < 4.78 is 0. The van der Waals surface area contributed by atoms with Crippen LogP contribution in [0.1, 0.15) is 47.4 Å². The monoisotopic (exact) mass is 261 g/mol. The second kappa shape index (κ2) is 3.20. The number of hydrogen-bond donors (Lipinski definition) is 0. The van der Waals surface area contributed by atoms with Crippen LogP contribution in [0.5, 0.6) is 0 Å². The fourth-order valence-electron chi connectivity index (χ4n) is 5.26. The molecule has 2 heteroatoms. The third-order valence-electron chi connectivity index (χ3n) is 5.95. The van der Waals surface area contributed by atoms with Crippen LogP contribution < -0.4 is 0 Å². The second-order valence-corrected chi connectivity index (χ2v) is 6.40. The molecule has 5 aliphatic rings. The van der Waals surface area contributed by atoms with Crippen LogP contribution in [0.25, 0.3) is 0 Å². The molecule has 0 amide bonds. The highest BCUT2D eigenvalue weighted by Crippen LogP contribution is 2.67. The first-order valence-corrected chi connectivity index (χ1v) is 7.39. The van der Waals surface area contributed by atoms with Crippen LogP contribution in [0.3, 0.4) is 0 Å². The molecule has 0 saturated heterocycles. The molecule has 4 bridgehead atoms. The van der Waals surface area contributed by atoms with Gasteiger partial charge in [0.05, 0.1) is 5.41 Å². The van der Waals surface area contributed by atoms with Gasteiger partial charge < -0.3 is 0 Å². The number of rotatable bonds is 1. The Bertz CT molecular complexity index is 714. The summed E-state index contributed by atoms with van der Waals surface area (Å²) in [4.78, 5) is 12.0. The minimum Gasteiger partial charge on any atom is -0.150 e. The molecular formula is C18H15NO. The number of hydrogen-bond acceptors (Lipinski definition) is 2. The van der Waals surface area contributed by atoms with E-state index in [-0.39, 0.29) is 5.41 Å². The van der Waals surface area contributed by atoms with E-state index in [4.69, 9.17) is 0 Å². The number of nitrogens with zero attached hydrogens (tertiary/aromatic N) is 1. The van der Waals surface area contributed by atoms with Gasteiger partial charge in [-0.05, 0) is 41.5 Å². The molecule has 2 nitrogen and oxygen atoms in total. The molecule has 2 aromatic carbocycles. The summed E-state index contributed by atoms with van der Waals surface area (Å²) in [6.45, 7) is 0. The van der Waals surface area contributed by atoms with Crippen molar-refractivity contribution in [1.82, 2.24) is 0 Å². The molecule has 5 aliphatic carbocycles. The molecule has 0 aliphatic heterocycles. The summed E-state index contributed by atoms with van der Waals surface area (Å²) in [7, 11) is 0. The Morgan fingerprint density at radius 1 is 0.900 bits per heavy atom. The first kappa shape index (κ1) is 10.8. The first-order chi connectivity index (χ1) is 9.83. The zero-order chi connectivity index (χ0) is 13.4. The van der Waals surface area contributed by atoms with Gasteiger partial charge in [0.1, 0.15) is 5.54 Å². The van der Waals surface area contributed by atoms with Crippen LogP contribution >= 0.6 is 0 Å². The lowest BCUT2D eigenvalue weighted by Crippen LogP contribution is -2.58. The lowest BCUT2D eigenvalue weighted by molar-refractivity contribution is 0.138. The average Bonchev–Trinajstić information content (AvgIpc) is 2.56. The highest BCUT2D eigenvalue weighted by molar-refractivity contribution is 5.60. The lowest BCUT2D eigenvalue weighted by atomic mass is 9.44. The number of fused-ring (bicyclic) bond motifs is 4. The zero-order valence-corrected chi connectivity index (χ0v) is 11.2. The third kappa shape index (κ3) is 0.858. The van der Waals surface area contributed by atoms with Gasteiger partial charge in [-0.15, -0.1) is 4.91 Å². The second-order valence-electron chi connectivity index (χ2n) is 6.40. The molecule has 20 heavy (non-hydrogen) atoms. The normalized spacial score (nSPS) is 35.5. The zero-order valence-electron chi connectivity index (χ0n) is 11.2. The lowest BCUT2D eigenvalue weighted by Gasteiger charge is -2.59. The van der Waals surface area contributed by atoms with E-state index in [9.17, 15) is 4.91 Å². The topological polar surface area (TPSA) is 29.4 Å². The molecule has 0 heterocycles. The van der Waals surface area contributed by atoms with Crippen molar-refractivity contribution < 1.29 is 0 Å². The van der Waals surface area contributed by atoms with Crippen LogP contribution in [-0.4, -0.2) is 0 Å². The van der Waals surface area contributed by atoms with Gasteiger partial charge in [0.25, 0.3) is 0 Å². The Balaban J connectivity index is 1.97. The standard InChI is InChI=1S/C18H15NO/c20-19-17-11-1-2-16-12-3-5-14(6-4-12)18(16,17)15-9-7-13(17)8-10-15/h3-10,16H,1-2,11H2. The summed E-state index contributed by atoms with van der Waals surface area (Å²) in [6.07, 6.45) is 3.11. The van der Waals surface area contributed by atoms with E-state index < -0.39 is 5.54 Å². The Morgan fingerprint density at radius 3 is 2.15 bits per heavy atom. The molecule has 98 valence electrons. The van der Waals surface area contributed by atoms with E-state index in [1.807, 2.05) is 0 Å². The van der Waals surface area contributed by atoms with Crippen molar-refractivity contribution >= 4 is 0 Å². The molecule has 0 N–H and O–H groups in total. The predicted molar refractivity (Wildman–Crippen MR) is 77.7 cm³/mol. The first-order valence-electron chi connectivity index (χ1n) is 7.39. The Labute approximate surface area is 117 Å². The summed E-state index contributed by atoms with van der Waals surface area (Å²) >= 11 is 0. The molecule has 1 saturated carbocycles. The fourth-order valence-corrected chi connectivity index (χ4v) is 5.26. The number of benzene rings is 2.